The van der Waals surface area contributed by atoms with Crippen molar-refractivity contribution in [2.45, 2.75) is 30.0 Å². The standard InChI is InChI=1S/C12H14F3NO3S/c13-12(14,15)10-5-1-2-6-11(10)20(18,19)16-7-3-4-9(16)8-17/h1-2,5-6,9,17H,3-4,7-8H2/t9-/m0/s1. The SMILES string of the molecule is O=S(=O)(c1ccccc1C(F)(F)F)N1CCC[C@H]1CO. The Morgan fingerprint density at radius 2 is 1.95 bits per heavy atom. The largest absolute Gasteiger partial charge is 0.417 e. The van der Waals surface area contributed by atoms with Gasteiger partial charge in [0.05, 0.1) is 17.1 Å². The summed E-state index contributed by atoms with van der Waals surface area (Å²) in [6.07, 6.45) is -3.76. The van der Waals surface area contributed by atoms with Crippen molar-refractivity contribution in [2.24, 2.45) is 0 Å². The molecule has 1 N–H and O–H groups in total. The van der Waals surface area contributed by atoms with E-state index in [0.717, 1.165) is 22.5 Å². The third kappa shape index (κ3) is 2.68. The molecule has 0 saturated carbocycles. The fourth-order valence-corrected chi connectivity index (χ4v) is 4.26. The van der Waals surface area contributed by atoms with Crippen molar-refractivity contribution in [3.05, 3.63) is 29.8 Å². The molecule has 2 rings (SSSR count). The molecule has 0 spiro atoms. The van der Waals surface area contributed by atoms with E-state index in [1.165, 1.54) is 6.07 Å². The van der Waals surface area contributed by atoms with Gasteiger partial charge in [0.15, 0.2) is 0 Å². The summed E-state index contributed by atoms with van der Waals surface area (Å²) in [5, 5.41) is 9.15. The van der Waals surface area contributed by atoms with Crippen LogP contribution in [-0.4, -0.2) is 37.0 Å². The van der Waals surface area contributed by atoms with Gasteiger partial charge in [0.25, 0.3) is 0 Å². The smallest absolute Gasteiger partial charge is 0.395 e. The predicted molar refractivity (Wildman–Crippen MR) is 65.4 cm³/mol. The normalized spacial score (nSPS) is 21.3. The molecule has 1 aliphatic heterocycles. The van der Waals surface area contributed by atoms with Crippen molar-refractivity contribution in [1.82, 2.24) is 4.31 Å². The zero-order valence-electron chi connectivity index (χ0n) is 10.5. The third-order valence-corrected chi connectivity index (χ3v) is 5.32. The highest BCUT2D eigenvalue weighted by molar-refractivity contribution is 7.89. The topological polar surface area (TPSA) is 57.6 Å². The lowest BCUT2D eigenvalue weighted by Gasteiger charge is -2.24. The molecule has 1 saturated heterocycles. The molecule has 20 heavy (non-hydrogen) atoms. The second kappa shape index (κ2) is 5.34. The number of benzene rings is 1. The van der Waals surface area contributed by atoms with Crippen molar-refractivity contribution >= 4 is 10.0 Å². The molecule has 4 nitrogen and oxygen atoms in total. The van der Waals surface area contributed by atoms with Gasteiger partial charge in [-0.1, -0.05) is 12.1 Å². The van der Waals surface area contributed by atoms with Gasteiger partial charge in [0.1, 0.15) is 0 Å². The van der Waals surface area contributed by atoms with Crippen LogP contribution in [0.5, 0.6) is 0 Å². The van der Waals surface area contributed by atoms with E-state index in [-0.39, 0.29) is 6.54 Å². The number of rotatable bonds is 3. The molecule has 0 aromatic heterocycles. The molecule has 1 aromatic rings. The summed E-state index contributed by atoms with van der Waals surface area (Å²) in [4.78, 5) is -0.757. The molecule has 1 atom stereocenters. The maximum atomic E-state index is 12.9. The van der Waals surface area contributed by atoms with E-state index in [9.17, 15) is 21.6 Å². The van der Waals surface area contributed by atoms with Crippen LogP contribution in [0.15, 0.2) is 29.2 Å². The monoisotopic (exact) mass is 309 g/mol. The number of aliphatic hydroxyl groups is 1. The van der Waals surface area contributed by atoms with Crippen molar-refractivity contribution in [1.29, 1.82) is 0 Å². The molecule has 0 amide bonds. The number of nitrogens with zero attached hydrogens (tertiary/aromatic N) is 1. The molecule has 8 heteroatoms. The maximum absolute atomic E-state index is 12.9. The van der Waals surface area contributed by atoms with Crippen LogP contribution in [0.3, 0.4) is 0 Å². The highest BCUT2D eigenvalue weighted by Crippen LogP contribution is 2.36. The van der Waals surface area contributed by atoms with E-state index in [4.69, 9.17) is 5.11 Å². The number of sulfonamides is 1. The van der Waals surface area contributed by atoms with E-state index < -0.39 is 39.3 Å². The van der Waals surface area contributed by atoms with Crippen LogP contribution in [0.25, 0.3) is 0 Å². The molecule has 1 aromatic carbocycles. The number of alkyl halides is 3. The van der Waals surface area contributed by atoms with Gasteiger partial charge >= 0.3 is 6.18 Å². The van der Waals surface area contributed by atoms with E-state index in [0.29, 0.717) is 12.8 Å². The second-order valence-electron chi connectivity index (χ2n) is 4.59. The summed E-state index contributed by atoms with van der Waals surface area (Å²) in [6, 6.07) is 3.45. The first-order chi connectivity index (χ1) is 9.28. The van der Waals surface area contributed by atoms with E-state index in [2.05, 4.69) is 0 Å². The molecular weight excluding hydrogens is 295 g/mol. The Morgan fingerprint density at radius 3 is 2.55 bits per heavy atom. The first-order valence-corrected chi connectivity index (χ1v) is 7.51. The van der Waals surface area contributed by atoms with Crippen LogP contribution in [-0.2, 0) is 16.2 Å². The molecule has 1 fully saturated rings. The minimum Gasteiger partial charge on any atom is -0.395 e. The lowest BCUT2D eigenvalue weighted by Crippen LogP contribution is -2.38. The number of halogens is 3. The Balaban J connectivity index is 2.50. The van der Waals surface area contributed by atoms with Gasteiger partial charge < -0.3 is 5.11 Å². The van der Waals surface area contributed by atoms with Gasteiger partial charge in [-0.15, -0.1) is 0 Å². The first kappa shape index (κ1) is 15.3. The number of hydrogen-bond acceptors (Lipinski definition) is 3. The van der Waals surface area contributed by atoms with Crippen LogP contribution in [0.2, 0.25) is 0 Å². The van der Waals surface area contributed by atoms with Gasteiger partial charge in [-0.3, -0.25) is 0 Å². The molecule has 1 heterocycles. The van der Waals surface area contributed by atoms with Crippen LogP contribution < -0.4 is 0 Å². The summed E-state index contributed by atoms with van der Waals surface area (Å²) < 4.78 is 64.5. The van der Waals surface area contributed by atoms with Crippen LogP contribution in [0, 0.1) is 0 Å². The molecule has 112 valence electrons. The zero-order chi connectivity index (χ0) is 15.0. The van der Waals surface area contributed by atoms with Crippen molar-refractivity contribution in [3.63, 3.8) is 0 Å². The third-order valence-electron chi connectivity index (χ3n) is 3.31. The highest BCUT2D eigenvalue weighted by Gasteiger charge is 2.41. The van der Waals surface area contributed by atoms with E-state index >= 15 is 0 Å². The minimum atomic E-state index is -4.74. The van der Waals surface area contributed by atoms with Gasteiger partial charge in [0.2, 0.25) is 10.0 Å². The molecule has 0 aliphatic carbocycles. The Bertz CT molecular complexity index is 586. The molecular formula is C12H14F3NO3S. The zero-order valence-corrected chi connectivity index (χ0v) is 11.3. The average molecular weight is 309 g/mol. The van der Waals surface area contributed by atoms with Gasteiger partial charge in [-0.2, -0.15) is 17.5 Å². The molecule has 0 bridgehead atoms. The summed E-state index contributed by atoms with van der Waals surface area (Å²) in [6.45, 7) is -0.271. The summed E-state index contributed by atoms with van der Waals surface area (Å²) >= 11 is 0. The Morgan fingerprint density at radius 1 is 1.30 bits per heavy atom. The number of aliphatic hydroxyl groups excluding tert-OH is 1. The lowest BCUT2D eigenvalue weighted by molar-refractivity contribution is -0.139. The van der Waals surface area contributed by atoms with Crippen LogP contribution in [0.1, 0.15) is 18.4 Å². The molecule has 0 unspecified atom stereocenters. The minimum absolute atomic E-state index is 0.125. The fraction of sp³-hybridized carbons (Fsp3) is 0.500. The van der Waals surface area contributed by atoms with Crippen LogP contribution >= 0.6 is 0 Å². The Hall–Kier alpha value is -1.12. The average Bonchev–Trinajstić information content (AvgIpc) is 2.86. The summed E-state index contributed by atoms with van der Waals surface area (Å²) in [5.74, 6) is 0. The molecule has 1 aliphatic rings. The molecule has 0 radical (unpaired) electrons. The first-order valence-electron chi connectivity index (χ1n) is 6.07. The van der Waals surface area contributed by atoms with Crippen molar-refractivity contribution in [3.8, 4) is 0 Å². The predicted octanol–water partition coefficient (Wildman–Crippen LogP) is 1.85. The Labute approximate surface area is 114 Å². The van der Waals surface area contributed by atoms with Gasteiger partial charge in [-0.25, -0.2) is 8.42 Å². The van der Waals surface area contributed by atoms with E-state index in [1.54, 1.807) is 0 Å². The van der Waals surface area contributed by atoms with Gasteiger partial charge in [-0.05, 0) is 25.0 Å². The quantitative estimate of drug-likeness (QED) is 0.927. The van der Waals surface area contributed by atoms with Crippen LogP contribution in [0.4, 0.5) is 13.2 Å². The Kier molecular flexibility index (Phi) is 4.08. The summed E-state index contributed by atoms with van der Waals surface area (Å²) in [7, 11) is -4.26. The van der Waals surface area contributed by atoms with Gasteiger partial charge in [0, 0.05) is 12.6 Å². The second-order valence-corrected chi connectivity index (χ2v) is 6.45. The van der Waals surface area contributed by atoms with Crippen molar-refractivity contribution in [2.75, 3.05) is 13.2 Å². The fourth-order valence-electron chi connectivity index (χ4n) is 2.36. The summed E-state index contributed by atoms with van der Waals surface area (Å²) in [5.41, 5.74) is -1.18. The maximum Gasteiger partial charge on any atom is 0.417 e. The number of hydrogen-bond donors (Lipinski definition) is 1. The van der Waals surface area contributed by atoms with Crippen molar-refractivity contribution < 1.29 is 26.7 Å². The highest BCUT2D eigenvalue weighted by atomic mass is 32.2. The lowest BCUT2D eigenvalue weighted by atomic mass is 10.2. The van der Waals surface area contributed by atoms with E-state index in [1.807, 2.05) is 0 Å².